The first-order chi connectivity index (χ1) is 5.77. The van der Waals surface area contributed by atoms with Crippen LogP contribution < -0.4 is 0 Å². The molecule has 0 radical (unpaired) electrons. The zero-order valence-corrected chi connectivity index (χ0v) is 7.75. The van der Waals surface area contributed by atoms with Crippen LogP contribution in [0.1, 0.15) is 26.0 Å². The molecule has 2 atom stereocenters. The Morgan fingerprint density at radius 3 is 2.75 bits per heavy atom. The van der Waals surface area contributed by atoms with E-state index in [4.69, 9.17) is 0 Å². The quantitative estimate of drug-likeness (QED) is 0.708. The molecule has 2 rings (SSSR count). The lowest BCUT2D eigenvalue weighted by molar-refractivity contribution is 0.0285. The van der Waals surface area contributed by atoms with Crippen molar-refractivity contribution in [1.82, 2.24) is 9.88 Å². The second-order valence-electron chi connectivity index (χ2n) is 3.80. The molecule has 1 N–H and O–H groups in total. The average Bonchev–Trinajstić information content (AvgIpc) is 2.52. The summed E-state index contributed by atoms with van der Waals surface area (Å²) in [5.41, 5.74) is 1.33. The Labute approximate surface area is 73.6 Å². The normalized spacial score (nSPS) is 30.2. The fraction of sp³-hybridized carbons (Fsp3) is 0.600. The first-order valence-corrected chi connectivity index (χ1v) is 4.65. The third-order valence-corrected chi connectivity index (χ3v) is 2.83. The standard InChI is InChI=1S/C10H16N2/c1-8-6-9(2)12(8)7-10-4-3-5-11-10/h3-5,8-9,11H,6-7H2,1-2H3. The topological polar surface area (TPSA) is 19.0 Å². The van der Waals surface area contributed by atoms with Gasteiger partial charge in [0.25, 0.3) is 0 Å². The largest absolute Gasteiger partial charge is 0.364 e. The molecule has 2 heterocycles. The van der Waals surface area contributed by atoms with Crippen molar-refractivity contribution in [2.75, 3.05) is 0 Å². The van der Waals surface area contributed by atoms with E-state index in [0.717, 1.165) is 18.6 Å². The minimum atomic E-state index is 0.767. The highest BCUT2D eigenvalue weighted by Crippen LogP contribution is 2.26. The number of likely N-dealkylation sites (tertiary alicyclic amines) is 1. The molecule has 2 unspecified atom stereocenters. The summed E-state index contributed by atoms with van der Waals surface area (Å²) in [5.74, 6) is 0. The number of hydrogen-bond acceptors (Lipinski definition) is 1. The summed E-state index contributed by atoms with van der Waals surface area (Å²) in [4.78, 5) is 5.76. The molecule has 2 heteroatoms. The van der Waals surface area contributed by atoms with E-state index in [1.807, 2.05) is 6.20 Å². The Bertz CT molecular complexity index is 232. The van der Waals surface area contributed by atoms with Gasteiger partial charge in [-0.1, -0.05) is 0 Å². The zero-order chi connectivity index (χ0) is 8.55. The SMILES string of the molecule is CC1CC(C)N1Cc1ccc[nH]1. The number of aromatic nitrogens is 1. The van der Waals surface area contributed by atoms with Gasteiger partial charge in [-0.05, 0) is 32.4 Å². The van der Waals surface area contributed by atoms with E-state index in [9.17, 15) is 0 Å². The van der Waals surface area contributed by atoms with Crippen LogP contribution >= 0.6 is 0 Å². The van der Waals surface area contributed by atoms with E-state index in [1.165, 1.54) is 12.1 Å². The van der Waals surface area contributed by atoms with Crippen LogP contribution in [-0.2, 0) is 6.54 Å². The van der Waals surface area contributed by atoms with E-state index in [0.29, 0.717) is 0 Å². The number of nitrogens with one attached hydrogen (secondary N) is 1. The van der Waals surface area contributed by atoms with Crippen LogP contribution in [0, 0.1) is 0 Å². The van der Waals surface area contributed by atoms with Crippen molar-refractivity contribution in [3.63, 3.8) is 0 Å². The molecule has 0 aliphatic carbocycles. The predicted molar refractivity (Wildman–Crippen MR) is 49.9 cm³/mol. The van der Waals surface area contributed by atoms with Crippen LogP contribution in [0.4, 0.5) is 0 Å². The molecule has 0 bridgehead atoms. The molecule has 1 saturated heterocycles. The summed E-state index contributed by atoms with van der Waals surface area (Å²) in [5, 5.41) is 0. The average molecular weight is 164 g/mol. The monoisotopic (exact) mass is 164 g/mol. The van der Waals surface area contributed by atoms with Gasteiger partial charge in [0, 0.05) is 30.5 Å². The molecule has 12 heavy (non-hydrogen) atoms. The maximum absolute atomic E-state index is 3.24. The highest BCUT2D eigenvalue weighted by atomic mass is 15.2. The van der Waals surface area contributed by atoms with Gasteiger partial charge in [0.05, 0.1) is 0 Å². The smallest absolute Gasteiger partial charge is 0.0390 e. The van der Waals surface area contributed by atoms with Gasteiger partial charge >= 0.3 is 0 Å². The van der Waals surface area contributed by atoms with Crippen molar-refractivity contribution in [3.8, 4) is 0 Å². The predicted octanol–water partition coefficient (Wildman–Crippen LogP) is 2.00. The Morgan fingerprint density at radius 1 is 1.50 bits per heavy atom. The molecule has 0 spiro atoms. The van der Waals surface area contributed by atoms with Crippen LogP contribution in [0.15, 0.2) is 18.3 Å². The van der Waals surface area contributed by atoms with Gasteiger partial charge in [-0.15, -0.1) is 0 Å². The lowest BCUT2D eigenvalue weighted by Gasteiger charge is -2.45. The highest BCUT2D eigenvalue weighted by molar-refractivity contribution is 5.05. The maximum Gasteiger partial charge on any atom is 0.0390 e. The van der Waals surface area contributed by atoms with E-state index in [1.54, 1.807) is 0 Å². The Morgan fingerprint density at radius 2 is 2.25 bits per heavy atom. The third-order valence-electron chi connectivity index (χ3n) is 2.83. The minimum absolute atomic E-state index is 0.767. The Balaban J connectivity index is 1.95. The van der Waals surface area contributed by atoms with Crippen LogP contribution in [-0.4, -0.2) is 22.0 Å². The van der Waals surface area contributed by atoms with E-state index >= 15 is 0 Å². The summed E-state index contributed by atoms with van der Waals surface area (Å²) < 4.78 is 0. The molecule has 1 aromatic rings. The van der Waals surface area contributed by atoms with Crippen LogP contribution in [0.2, 0.25) is 0 Å². The fourth-order valence-corrected chi connectivity index (χ4v) is 2.04. The summed E-state index contributed by atoms with van der Waals surface area (Å²) in [6.45, 7) is 5.67. The van der Waals surface area contributed by atoms with Gasteiger partial charge in [-0.2, -0.15) is 0 Å². The maximum atomic E-state index is 3.24. The van der Waals surface area contributed by atoms with Crippen molar-refractivity contribution in [2.45, 2.75) is 38.9 Å². The van der Waals surface area contributed by atoms with Crippen molar-refractivity contribution in [1.29, 1.82) is 0 Å². The third kappa shape index (κ3) is 1.27. The van der Waals surface area contributed by atoms with Gasteiger partial charge in [-0.25, -0.2) is 0 Å². The molecule has 0 saturated carbocycles. The second kappa shape index (κ2) is 2.94. The summed E-state index contributed by atoms with van der Waals surface area (Å²) in [7, 11) is 0. The molecule has 0 aromatic carbocycles. The number of nitrogens with zero attached hydrogens (tertiary/aromatic N) is 1. The Hall–Kier alpha value is -0.760. The lowest BCUT2D eigenvalue weighted by Crippen LogP contribution is -2.51. The Kier molecular flexibility index (Phi) is 1.93. The second-order valence-corrected chi connectivity index (χ2v) is 3.80. The number of aromatic amines is 1. The molecule has 66 valence electrons. The first-order valence-electron chi connectivity index (χ1n) is 4.65. The van der Waals surface area contributed by atoms with E-state index in [2.05, 4.69) is 35.9 Å². The summed E-state index contributed by atoms with van der Waals surface area (Å²) in [6, 6.07) is 5.74. The minimum Gasteiger partial charge on any atom is -0.364 e. The molecule has 0 amide bonds. The van der Waals surface area contributed by atoms with Gasteiger partial charge in [0.1, 0.15) is 0 Å². The lowest BCUT2D eigenvalue weighted by atomic mass is 9.95. The van der Waals surface area contributed by atoms with Crippen molar-refractivity contribution < 1.29 is 0 Å². The summed E-state index contributed by atoms with van der Waals surface area (Å²) in [6.07, 6.45) is 3.34. The van der Waals surface area contributed by atoms with Gasteiger partial charge in [0.2, 0.25) is 0 Å². The number of H-pyrrole nitrogens is 1. The fourth-order valence-electron chi connectivity index (χ4n) is 2.04. The molecule has 1 aliphatic heterocycles. The number of hydrogen-bond donors (Lipinski definition) is 1. The van der Waals surface area contributed by atoms with E-state index < -0.39 is 0 Å². The molecule has 1 aromatic heterocycles. The van der Waals surface area contributed by atoms with Crippen molar-refractivity contribution in [3.05, 3.63) is 24.0 Å². The molecular weight excluding hydrogens is 148 g/mol. The van der Waals surface area contributed by atoms with Crippen molar-refractivity contribution >= 4 is 0 Å². The molecular formula is C10H16N2. The van der Waals surface area contributed by atoms with Gasteiger partial charge in [-0.3, -0.25) is 4.90 Å². The van der Waals surface area contributed by atoms with Gasteiger partial charge < -0.3 is 4.98 Å². The van der Waals surface area contributed by atoms with Gasteiger partial charge in [0.15, 0.2) is 0 Å². The molecule has 1 aliphatic rings. The highest BCUT2D eigenvalue weighted by Gasteiger charge is 2.31. The molecule has 2 nitrogen and oxygen atoms in total. The first kappa shape index (κ1) is 7.87. The summed E-state index contributed by atoms with van der Waals surface area (Å²) >= 11 is 0. The zero-order valence-electron chi connectivity index (χ0n) is 7.75. The van der Waals surface area contributed by atoms with Crippen LogP contribution in [0.5, 0.6) is 0 Å². The number of rotatable bonds is 2. The van der Waals surface area contributed by atoms with Crippen LogP contribution in [0.3, 0.4) is 0 Å². The molecule has 1 fully saturated rings. The van der Waals surface area contributed by atoms with Crippen molar-refractivity contribution in [2.24, 2.45) is 0 Å². The van der Waals surface area contributed by atoms with Crippen LogP contribution in [0.25, 0.3) is 0 Å². The van der Waals surface area contributed by atoms with E-state index in [-0.39, 0.29) is 0 Å².